The molecular weight excluding hydrogens is 248 g/mol. The van der Waals surface area contributed by atoms with Gasteiger partial charge >= 0.3 is 0 Å². The van der Waals surface area contributed by atoms with Gasteiger partial charge in [0, 0.05) is 24.0 Å². The topological polar surface area (TPSA) is 12.0 Å². The zero-order valence-electron chi connectivity index (χ0n) is 9.49. The van der Waals surface area contributed by atoms with Crippen molar-refractivity contribution in [2.45, 2.75) is 20.4 Å². The van der Waals surface area contributed by atoms with Crippen molar-refractivity contribution in [1.82, 2.24) is 5.32 Å². The minimum atomic E-state index is -0.310. The van der Waals surface area contributed by atoms with Crippen LogP contribution in [0.2, 0.25) is 5.02 Å². The smallest absolute Gasteiger partial charge is 0.124 e. The summed E-state index contributed by atoms with van der Waals surface area (Å²) in [4.78, 5) is 0. The molecule has 1 aromatic rings. The van der Waals surface area contributed by atoms with Gasteiger partial charge in [0.15, 0.2) is 0 Å². The molecule has 4 heteroatoms. The number of alkyl halides is 1. The van der Waals surface area contributed by atoms with E-state index in [1.165, 1.54) is 12.1 Å². The summed E-state index contributed by atoms with van der Waals surface area (Å²) in [5, 5.41) is 3.72. The van der Waals surface area contributed by atoms with Crippen LogP contribution in [-0.4, -0.2) is 12.4 Å². The van der Waals surface area contributed by atoms with Crippen LogP contribution in [0.15, 0.2) is 18.2 Å². The summed E-state index contributed by atoms with van der Waals surface area (Å²) in [6, 6.07) is 4.43. The minimum absolute atomic E-state index is 0.0497. The molecule has 0 aliphatic rings. The number of benzene rings is 1. The standard InChI is InChI=1S/C12H16Cl2FN/c1-12(2,7-13)8-16-6-9-3-4-10(15)5-11(9)14/h3-5,16H,6-8H2,1-2H3. The molecule has 16 heavy (non-hydrogen) atoms. The number of hydrogen-bond donors (Lipinski definition) is 1. The monoisotopic (exact) mass is 263 g/mol. The number of rotatable bonds is 5. The summed E-state index contributed by atoms with van der Waals surface area (Å²) in [6.07, 6.45) is 0. The van der Waals surface area contributed by atoms with E-state index < -0.39 is 0 Å². The number of halogens is 3. The van der Waals surface area contributed by atoms with Crippen LogP contribution in [0.25, 0.3) is 0 Å². The molecular formula is C12H16Cl2FN. The minimum Gasteiger partial charge on any atom is -0.312 e. The molecule has 1 aromatic carbocycles. The van der Waals surface area contributed by atoms with Gasteiger partial charge in [-0.15, -0.1) is 11.6 Å². The highest BCUT2D eigenvalue weighted by molar-refractivity contribution is 6.31. The third-order valence-electron chi connectivity index (χ3n) is 2.30. The lowest BCUT2D eigenvalue weighted by atomic mass is 9.96. The fraction of sp³-hybridized carbons (Fsp3) is 0.500. The van der Waals surface area contributed by atoms with Gasteiger partial charge in [-0.1, -0.05) is 31.5 Å². The van der Waals surface area contributed by atoms with Crippen molar-refractivity contribution in [2.75, 3.05) is 12.4 Å². The maximum Gasteiger partial charge on any atom is 0.124 e. The Labute approximate surface area is 106 Å². The van der Waals surface area contributed by atoms with Gasteiger partial charge in [-0.05, 0) is 23.1 Å². The molecule has 1 rings (SSSR count). The highest BCUT2D eigenvalue weighted by Gasteiger charge is 2.15. The van der Waals surface area contributed by atoms with Crippen molar-refractivity contribution in [3.63, 3.8) is 0 Å². The largest absolute Gasteiger partial charge is 0.312 e. The van der Waals surface area contributed by atoms with Gasteiger partial charge in [0.2, 0.25) is 0 Å². The van der Waals surface area contributed by atoms with E-state index >= 15 is 0 Å². The Bertz CT molecular complexity index is 353. The third kappa shape index (κ3) is 4.28. The predicted molar refractivity (Wildman–Crippen MR) is 67.6 cm³/mol. The second kappa shape index (κ2) is 5.85. The van der Waals surface area contributed by atoms with Gasteiger partial charge in [-0.2, -0.15) is 0 Å². The van der Waals surface area contributed by atoms with Gasteiger partial charge in [-0.25, -0.2) is 4.39 Å². The highest BCUT2D eigenvalue weighted by Crippen LogP contribution is 2.18. The summed E-state index contributed by atoms with van der Waals surface area (Å²) in [6.45, 7) is 5.59. The van der Waals surface area contributed by atoms with E-state index in [1.54, 1.807) is 6.07 Å². The average Bonchev–Trinajstić information content (AvgIpc) is 2.21. The van der Waals surface area contributed by atoms with E-state index in [2.05, 4.69) is 19.2 Å². The van der Waals surface area contributed by atoms with Gasteiger partial charge in [-0.3, -0.25) is 0 Å². The van der Waals surface area contributed by atoms with Crippen LogP contribution in [0, 0.1) is 11.2 Å². The van der Waals surface area contributed by atoms with Crippen LogP contribution in [0.4, 0.5) is 4.39 Å². The Balaban J connectivity index is 2.49. The first kappa shape index (κ1) is 13.8. The molecule has 0 aliphatic heterocycles. The molecule has 0 unspecified atom stereocenters. The van der Waals surface area contributed by atoms with Crippen molar-refractivity contribution in [1.29, 1.82) is 0 Å². The van der Waals surface area contributed by atoms with E-state index in [0.717, 1.165) is 12.1 Å². The fourth-order valence-electron chi connectivity index (χ4n) is 1.25. The Morgan fingerprint density at radius 2 is 2.06 bits per heavy atom. The van der Waals surface area contributed by atoms with E-state index in [4.69, 9.17) is 23.2 Å². The summed E-state index contributed by atoms with van der Waals surface area (Å²) < 4.78 is 12.8. The molecule has 1 N–H and O–H groups in total. The van der Waals surface area contributed by atoms with Crippen molar-refractivity contribution in [2.24, 2.45) is 5.41 Å². The van der Waals surface area contributed by atoms with E-state index in [9.17, 15) is 4.39 Å². The van der Waals surface area contributed by atoms with Gasteiger partial charge in [0.05, 0.1) is 0 Å². The van der Waals surface area contributed by atoms with E-state index in [0.29, 0.717) is 17.4 Å². The van der Waals surface area contributed by atoms with Crippen molar-refractivity contribution in [3.8, 4) is 0 Å². The first-order chi connectivity index (χ1) is 7.44. The average molecular weight is 264 g/mol. The fourth-order valence-corrected chi connectivity index (χ4v) is 1.58. The van der Waals surface area contributed by atoms with Crippen molar-refractivity contribution >= 4 is 23.2 Å². The van der Waals surface area contributed by atoms with Crippen LogP contribution in [0.5, 0.6) is 0 Å². The third-order valence-corrected chi connectivity index (χ3v) is 3.37. The lowest BCUT2D eigenvalue weighted by Crippen LogP contribution is -2.30. The Hall–Kier alpha value is -0.310. The molecule has 0 heterocycles. The molecule has 0 atom stereocenters. The van der Waals surface area contributed by atoms with Crippen LogP contribution < -0.4 is 5.32 Å². The Kier molecular flexibility index (Phi) is 5.03. The first-order valence-electron chi connectivity index (χ1n) is 5.15. The SMILES string of the molecule is CC(C)(CCl)CNCc1ccc(F)cc1Cl. The molecule has 0 saturated heterocycles. The molecule has 0 saturated carbocycles. The molecule has 0 spiro atoms. The first-order valence-corrected chi connectivity index (χ1v) is 6.06. The Morgan fingerprint density at radius 3 is 2.62 bits per heavy atom. The molecule has 90 valence electrons. The van der Waals surface area contributed by atoms with E-state index in [1.807, 2.05) is 0 Å². The van der Waals surface area contributed by atoms with Crippen molar-refractivity contribution < 1.29 is 4.39 Å². The lowest BCUT2D eigenvalue weighted by molar-refractivity contribution is 0.385. The van der Waals surface area contributed by atoms with Crippen LogP contribution in [0.1, 0.15) is 19.4 Å². The second-order valence-electron chi connectivity index (χ2n) is 4.64. The normalized spacial score (nSPS) is 11.8. The molecule has 0 fully saturated rings. The second-order valence-corrected chi connectivity index (χ2v) is 5.31. The van der Waals surface area contributed by atoms with Crippen LogP contribution in [0.3, 0.4) is 0 Å². The zero-order valence-corrected chi connectivity index (χ0v) is 11.0. The van der Waals surface area contributed by atoms with E-state index in [-0.39, 0.29) is 11.2 Å². The van der Waals surface area contributed by atoms with Crippen molar-refractivity contribution in [3.05, 3.63) is 34.6 Å². The quantitative estimate of drug-likeness (QED) is 0.797. The lowest BCUT2D eigenvalue weighted by Gasteiger charge is -2.21. The van der Waals surface area contributed by atoms with Crippen LogP contribution in [-0.2, 0) is 6.54 Å². The highest BCUT2D eigenvalue weighted by atomic mass is 35.5. The Morgan fingerprint density at radius 1 is 1.38 bits per heavy atom. The maximum absolute atomic E-state index is 12.8. The molecule has 1 nitrogen and oxygen atoms in total. The van der Waals surface area contributed by atoms with Gasteiger partial charge in [0.1, 0.15) is 5.82 Å². The molecule has 0 radical (unpaired) electrons. The molecule has 0 amide bonds. The number of hydrogen-bond acceptors (Lipinski definition) is 1. The predicted octanol–water partition coefficient (Wildman–Crippen LogP) is 3.83. The molecule has 0 bridgehead atoms. The number of nitrogens with one attached hydrogen (secondary N) is 1. The van der Waals surface area contributed by atoms with Crippen LogP contribution >= 0.6 is 23.2 Å². The summed E-state index contributed by atoms with van der Waals surface area (Å²) in [5.74, 6) is 0.284. The summed E-state index contributed by atoms with van der Waals surface area (Å²) in [5.41, 5.74) is 0.946. The summed E-state index contributed by atoms with van der Waals surface area (Å²) >= 11 is 11.7. The zero-order chi connectivity index (χ0) is 12.2. The molecule has 0 aromatic heterocycles. The van der Waals surface area contributed by atoms with Gasteiger partial charge < -0.3 is 5.32 Å². The maximum atomic E-state index is 12.8. The van der Waals surface area contributed by atoms with Gasteiger partial charge in [0.25, 0.3) is 0 Å². The molecule has 0 aliphatic carbocycles. The summed E-state index contributed by atoms with van der Waals surface area (Å²) in [7, 11) is 0.